The van der Waals surface area contributed by atoms with Crippen LogP contribution >= 0.6 is 0 Å². The SMILES string of the molecule is CC(C)(C)n1nc(Oc2ccc(C(=O)c3ccccc3)cc2)c2c(N)ncnc21. The van der Waals surface area contributed by atoms with Crippen molar-refractivity contribution >= 4 is 22.6 Å². The van der Waals surface area contributed by atoms with Gasteiger partial charge >= 0.3 is 0 Å². The first-order valence-corrected chi connectivity index (χ1v) is 9.22. The minimum Gasteiger partial charge on any atom is -0.437 e. The molecule has 146 valence electrons. The molecular weight excluding hydrogens is 366 g/mol. The summed E-state index contributed by atoms with van der Waals surface area (Å²) in [5.41, 5.74) is 7.58. The minimum absolute atomic E-state index is 0.0442. The number of hydrogen-bond acceptors (Lipinski definition) is 6. The number of nitrogen functional groups attached to an aromatic ring is 1. The lowest BCUT2D eigenvalue weighted by Crippen LogP contribution is -2.23. The summed E-state index contributed by atoms with van der Waals surface area (Å²) in [6.45, 7) is 6.06. The molecule has 0 aliphatic rings. The molecule has 0 spiro atoms. The van der Waals surface area contributed by atoms with Crippen molar-refractivity contribution in [3.63, 3.8) is 0 Å². The minimum atomic E-state index is -0.313. The van der Waals surface area contributed by atoms with Crippen LogP contribution in [0.5, 0.6) is 11.6 Å². The maximum Gasteiger partial charge on any atom is 0.251 e. The predicted octanol–water partition coefficient (Wildman–Crippen LogP) is 4.19. The quantitative estimate of drug-likeness (QED) is 0.528. The van der Waals surface area contributed by atoms with Gasteiger partial charge in [0.15, 0.2) is 11.4 Å². The summed E-state index contributed by atoms with van der Waals surface area (Å²) >= 11 is 0. The Morgan fingerprint density at radius 2 is 1.62 bits per heavy atom. The van der Waals surface area contributed by atoms with Crippen LogP contribution in [-0.4, -0.2) is 25.5 Å². The molecular formula is C22H21N5O2. The molecule has 0 saturated carbocycles. The summed E-state index contributed by atoms with van der Waals surface area (Å²) in [5.74, 6) is 1.13. The molecule has 0 aliphatic carbocycles. The molecule has 29 heavy (non-hydrogen) atoms. The zero-order valence-corrected chi connectivity index (χ0v) is 16.5. The Morgan fingerprint density at radius 3 is 2.28 bits per heavy atom. The Labute approximate surface area is 168 Å². The van der Waals surface area contributed by atoms with E-state index >= 15 is 0 Å². The number of rotatable bonds is 4. The molecule has 2 aromatic heterocycles. The van der Waals surface area contributed by atoms with E-state index in [1.165, 1.54) is 6.33 Å². The van der Waals surface area contributed by atoms with Gasteiger partial charge in [-0.25, -0.2) is 14.6 Å². The number of benzene rings is 2. The van der Waals surface area contributed by atoms with Gasteiger partial charge in [0.05, 0.1) is 5.54 Å². The summed E-state index contributed by atoms with van der Waals surface area (Å²) in [4.78, 5) is 21.0. The summed E-state index contributed by atoms with van der Waals surface area (Å²) in [6.07, 6.45) is 1.41. The van der Waals surface area contributed by atoms with Crippen LogP contribution in [0.1, 0.15) is 36.7 Å². The largest absolute Gasteiger partial charge is 0.437 e. The van der Waals surface area contributed by atoms with E-state index in [1.807, 2.05) is 39.0 Å². The van der Waals surface area contributed by atoms with Gasteiger partial charge in [-0.3, -0.25) is 4.79 Å². The lowest BCUT2D eigenvalue weighted by molar-refractivity contribution is 0.103. The van der Waals surface area contributed by atoms with Crippen LogP contribution in [-0.2, 0) is 5.54 Å². The Morgan fingerprint density at radius 1 is 0.966 bits per heavy atom. The van der Waals surface area contributed by atoms with Crippen LogP contribution < -0.4 is 10.5 Å². The fourth-order valence-electron chi connectivity index (χ4n) is 3.02. The number of hydrogen-bond donors (Lipinski definition) is 1. The lowest BCUT2D eigenvalue weighted by atomic mass is 10.0. The number of ether oxygens (including phenoxy) is 1. The van der Waals surface area contributed by atoms with E-state index in [4.69, 9.17) is 10.5 Å². The highest BCUT2D eigenvalue weighted by molar-refractivity contribution is 6.09. The van der Waals surface area contributed by atoms with E-state index in [2.05, 4.69) is 15.1 Å². The first-order chi connectivity index (χ1) is 13.8. The van der Waals surface area contributed by atoms with Crippen molar-refractivity contribution in [2.45, 2.75) is 26.3 Å². The molecule has 0 saturated heterocycles. The van der Waals surface area contributed by atoms with Crippen LogP contribution in [0.3, 0.4) is 0 Å². The van der Waals surface area contributed by atoms with Crippen LogP contribution in [0.25, 0.3) is 11.0 Å². The topological polar surface area (TPSA) is 95.9 Å². The maximum atomic E-state index is 12.6. The van der Waals surface area contributed by atoms with Gasteiger partial charge in [0.25, 0.3) is 5.88 Å². The van der Waals surface area contributed by atoms with Gasteiger partial charge in [-0.15, -0.1) is 5.10 Å². The monoisotopic (exact) mass is 387 g/mol. The van der Waals surface area contributed by atoms with Crippen molar-refractivity contribution < 1.29 is 9.53 Å². The normalized spacial score (nSPS) is 11.6. The Hall–Kier alpha value is -3.74. The average molecular weight is 387 g/mol. The van der Waals surface area contributed by atoms with Crippen molar-refractivity contribution in [1.82, 2.24) is 19.7 Å². The van der Waals surface area contributed by atoms with Gasteiger partial charge in [-0.2, -0.15) is 0 Å². The van der Waals surface area contributed by atoms with E-state index in [0.29, 0.717) is 39.6 Å². The highest BCUT2D eigenvalue weighted by Crippen LogP contribution is 2.34. The standard InChI is InChI=1S/C22H21N5O2/c1-22(2,3)27-20-17(19(23)24-13-25-20)21(26-27)29-16-11-9-15(10-12-16)18(28)14-7-5-4-6-8-14/h4-13H,1-3H3,(H2,23,24,25). The molecule has 7 heteroatoms. The summed E-state index contributed by atoms with van der Waals surface area (Å²) < 4.78 is 7.75. The predicted molar refractivity (Wildman–Crippen MR) is 111 cm³/mol. The molecule has 2 heterocycles. The second-order valence-electron chi connectivity index (χ2n) is 7.67. The molecule has 0 unspecified atom stereocenters. The highest BCUT2D eigenvalue weighted by atomic mass is 16.5. The molecule has 7 nitrogen and oxygen atoms in total. The van der Waals surface area contributed by atoms with Crippen molar-refractivity contribution in [1.29, 1.82) is 0 Å². The van der Waals surface area contributed by atoms with E-state index in [0.717, 1.165) is 0 Å². The Bertz CT molecular complexity index is 1180. The first kappa shape index (κ1) is 18.6. The van der Waals surface area contributed by atoms with Gasteiger partial charge in [0.1, 0.15) is 23.3 Å². The van der Waals surface area contributed by atoms with Gasteiger partial charge in [-0.1, -0.05) is 30.3 Å². The molecule has 2 N–H and O–H groups in total. The number of carbonyl (C=O) groups excluding carboxylic acids is 1. The van der Waals surface area contributed by atoms with Crippen LogP contribution in [0, 0.1) is 0 Å². The Kier molecular flexibility index (Phi) is 4.50. The van der Waals surface area contributed by atoms with Crippen molar-refractivity contribution in [3.05, 3.63) is 72.1 Å². The van der Waals surface area contributed by atoms with Gasteiger partial charge in [0, 0.05) is 11.1 Å². The van der Waals surface area contributed by atoms with Gasteiger partial charge in [0.2, 0.25) is 0 Å². The zero-order chi connectivity index (χ0) is 20.6. The molecule has 0 atom stereocenters. The fraction of sp³-hybridized carbons (Fsp3) is 0.182. The van der Waals surface area contributed by atoms with Crippen LogP contribution in [0.2, 0.25) is 0 Å². The van der Waals surface area contributed by atoms with E-state index < -0.39 is 0 Å². The van der Waals surface area contributed by atoms with Crippen LogP contribution in [0.4, 0.5) is 5.82 Å². The summed E-state index contributed by atoms with van der Waals surface area (Å²) in [7, 11) is 0. The van der Waals surface area contributed by atoms with E-state index in [1.54, 1.807) is 41.1 Å². The molecule has 0 bridgehead atoms. The third kappa shape index (κ3) is 3.54. The third-order valence-electron chi connectivity index (χ3n) is 4.46. The number of carbonyl (C=O) groups is 1. The summed E-state index contributed by atoms with van der Waals surface area (Å²) in [6, 6.07) is 16.1. The zero-order valence-electron chi connectivity index (χ0n) is 16.5. The second kappa shape index (κ2) is 7.01. The number of anilines is 1. The fourth-order valence-corrected chi connectivity index (χ4v) is 3.02. The first-order valence-electron chi connectivity index (χ1n) is 9.22. The highest BCUT2D eigenvalue weighted by Gasteiger charge is 2.24. The molecule has 0 radical (unpaired) electrons. The van der Waals surface area contributed by atoms with Crippen molar-refractivity contribution in [2.24, 2.45) is 0 Å². The van der Waals surface area contributed by atoms with Crippen molar-refractivity contribution in [3.8, 4) is 11.6 Å². The molecule has 4 aromatic rings. The Balaban J connectivity index is 1.67. The number of fused-ring (bicyclic) bond motifs is 1. The number of aromatic nitrogens is 4. The molecule has 0 aliphatic heterocycles. The molecule has 2 aromatic carbocycles. The van der Waals surface area contributed by atoms with E-state index in [9.17, 15) is 4.79 Å². The third-order valence-corrected chi connectivity index (χ3v) is 4.46. The number of ketones is 1. The number of nitrogens with two attached hydrogens (primary N) is 1. The molecule has 0 amide bonds. The smallest absolute Gasteiger partial charge is 0.251 e. The van der Waals surface area contributed by atoms with Gasteiger partial charge in [-0.05, 0) is 45.0 Å². The number of nitrogens with zero attached hydrogens (tertiary/aromatic N) is 4. The second-order valence-corrected chi connectivity index (χ2v) is 7.67. The van der Waals surface area contributed by atoms with E-state index in [-0.39, 0.29) is 11.3 Å². The summed E-state index contributed by atoms with van der Waals surface area (Å²) in [5, 5.41) is 5.13. The van der Waals surface area contributed by atoms with Crippen LogP contribution in [0.15, 0.2) is 60.9 Å². The average Bonchev–Trinajstić information content (AvgIpc) is 3.09. The maximum absolute atomic E-state index is 12.6. The lowest BCUT2D eigenvalue weighted by Gasteiger charge is -2.19. The molecule has 0 fully saturated rings. The van der Waals surface area contributed by atoms with Crippen molar-refractivity contribution in [2.75, 3.05) is 5.73 Å². The van der Waals surface area contributed by atoms with Gasteiger partial charge < -0.3 is 10.5 Å². The molecule has 4 rings (SSSR count).